The molecule has 1 aromatic carbocycles. The van der Waals surface area contributed by atoms with Crippen molar-refractivity contribution in [2.75, 3.05) is 0 Å². The summed E-state index contributed by atoms with van der Waals surface area (Å²) in [6.45, 7) is 5.42. The molecular formula is C17H20FN3O2. The lowest BCUT2D eigenvalue weighted by Gasteiger charge is -2.29. The molecule has 1 atom stereocenters. The number of primary amides is 1. The van der Waals surface area contributed by atoms with Gasteiger partial charge in [-0.15, -0.1) is 0 Å². The van der Waals surface area contributed by atoms with Crippen LogP contribution in [0.5, 0.6) is 0 Å². The molecule has 5 nitrogen and oxygen atoms in total. The average molecular weight is 317 g/mol. The van der Waals surface area contributed by atoms with E-state index in [-0.39, 0.29) is 11.5 Å². The summed E-state index contributed by atoms with van der Waals surface area (Å²) in [5.74, 6) is -1.60. The highest BCUT2D eigenvalue weighted by molar-refractivity contribution is 6.07. The monoisotopic (exact) mass is 317 g/mol. The number of nitrogens with two attached hydrogens (primary N) is 1. The molecule has 3 N–H and O–H groups in total. The maximum Gasteiger partial charge on any atom is 0.254 e. The summed E-state index contributed by atoms with van der Waals surface area (Å²) in [4.78, 5) is 28.5. The topological polar surface area (TPSA) is 85.1 Å². The van der Waals surface area contributed by atoms with E-state index in [0.29, 0.717) is 17.3 Å². The first-order valence-electron chi connectivity index (χ1n) is 7.39. The van der Waals surface area contributed by atoms with Gasteiger partial charge in [-0.2, -0.15) is 0 Å². The van der Waals surface area contributed by atoms with E-state index in [1.54, 1.807) is 19.1 Å². The minimum atomic E-state index is -1.21. The van der Waals surface area contributed by atoms with Crippen molar-refractivity contribution in [2.45, 2.75) is 32.7 Å². The molecule has 0 saturated carbocycles. The van der Waals surface area contributed by atoms with Crippen LogP contribution in [0.2, 0.25) is 0 Å². The van der Waals surface area contributed by atoms with Crippen molar-refractivity contribution < 1.29 is 14.0 Å². The molecule has 0 fully saturated rings. The van der Waals surface area contributed by atoms with Gasteiger partial charge in [0.25, 0.3) is 5.91 Å². The maximum absolute atomic E-state index is 13.8. The third-order valence-electron chi connectivity index (χ3n) is 3.66. The van der Waals surface area contributed by atoms with Crippen LogP contribution in [-0.4, -0.2) is 22.3 Å². The van der Waals surface area contributed by atoms with E-state index in [0.717, 1.165) is 6.07 Å². The van der Waals surface area contributed by atoms with Gasteiger partial charge in [0.2, 0.25) is 5.91 Å². The van der Waals surface area contributed by atoms with Crippen LogP contribution >= 0.6 is 0 Å². The fourth-order valence-corrected chi connectivity index (χ4v) is 2.68. The molecule has 0 saturated heterocycles. The van der Waals surface area contributed by atoms with Crippen LogP contribution in [0.1, 0.15) is 37.6 Å². The van der Waals surface area contributed by atoms with Crippen LogP contribution < -0.4 is 11.1 Å². The number of aromatic nitrogens is 1. The van der Waals surface area contributed by atoms with Gasteiger partial charge in [-0.25, -0.2) is 4.39 Å². The molecule has 2 rings (SSSR count). The van der Waals surface area contributed by atoms with Crippen molar-refractivity contribution in [1.82, 2.24) is 10.3 Å². The van der Waals surface area contributed by atoms with Crippen molar-refractivity contribution in [3.05, 3.63) is 41.8 Å². The predicted octanol–water partition coefficient (Wildman–Crippen LogP) is 2.39. The Kier molecular flexibility index (Phi) is 4.63. The average Bonchev–Trinajstić information content (AvgIpc) is 2.45. The number of nitrogens with one attached hydrogen (secondary N) is 1. The van der Waals surface area contributed by atoms with Crippen molar-refractivity contribution in [3.63, 3.8) is 0 Å². The first-order chi connectivity index (χ1) is 10.7. The Morgan fingerprint density at radius 3 is 2.70 bits per heavy atom. The van der Waals surface area contributed by atoms with E-state index in [2.05, 4.69) is 10.3 Å². The molecule has 1 heterocycles. The first kappa shape index (κ1) is 16.9. The number of hydrogen-bond donors (Lipinski definition) is 2. The van der Waals surface area contributed by atoms with E-state index in [1.165, 1.54) is 12.3 Å². The SMILES string of the molecule is CC(C)CC(C)(NC(=O)c1cc(F)cc2cccnc12)C(N)=O. The van der Waals surface area contributed by atoms with Gasteiger partial charge < -0.3 is 11.1 Å². The molecule has 1 unspecified atom stereocenters. The Balaban J connectivity index is 2.42. The largest absolute Gasteiger partial charge is 0.368 e. The molecule has 0 spiro atoms. The molecule has 6 heteroatoms. The Morgan fingerprint density at radius 1 is 1.39 bits per heavy atom. The van der Waals surface area contributed by atoms with E-state index >= 15 is 0 Å². The van der Waals surface area contributed by atoms with Crippen LogP contribution in [0.25, 0.3) is 10.9 Å². The lowest BCUT2D eigenvalue weighted by molar-refractivity contribution is -0.124. The smallest absolute Gasteiger partial charge is 0.254 e. The van der Waals surface area contributed by atoms with E-state index in [4.69, 9.17) is 5.73 Å². The molecule has 23 heavy (non-hydrogen) atoms. The highest BCUT2D eigenvalue weighted by Crippen LogP contribution is 2.21. The number of benzene rings is 1. The third kappa shape index (κ3) is 3.64. The number of nitrogens with zero attached hydrogens (tertiary/aromatic N) is 1. The summed E-state index contributed by atoms with van der Waals surface area (Å²) in [6, 6.07) is 5.75. The van der Waals surface area contributed by atoms with Crippen molar-refractivity contribution in [2.24, 2.45) is 11.7 Å². The molecule has 0 aliphatic heterocycles. The van der Waals surface area contributed by atoms with Crippen molar-refractivity contribution in [3.8, 4) is 0 Å². The van der Waals surface area contributed by atoms with E-state index < -0.39 is 23.2 Å². The maximum atomic E-state index is 13.8. The zero-order valence-electron chi connectivity index (χ0n) is 13.4. The van der Waals surface area contributed by atoms with E-state index in [9.17, 15) is 14.0 Å². The molecule has 0 radical (unpaired) electrons. The van der Waals surface area contributed by atoms with Crippen LogP contribution in [-0.2, 0) is 4.79 Å². The second-order valence-electron chi connectivity index (χ2n) is 6.28. The number of rotatable bonds is 5. The molecule has 122 valence electrons. The number of hydrogen-bond acceptors (Lipinski definition) is 3. The van der Waals surface area contributed by atoms with Gasteiger partial charge in [0.05, 0.1) is 11.1 Å². The zero-order chi connectivity index (χ0) is 17.2. The Bertz CT molecular complexity index is 761. The van der Waals surface area contributed by atoms with Crippen LogP contribution in [0, 0.1) is 11.7 Å². The molecule has 1 aromatic heterocycles. The van der Waals surface area contributed by atoms with Gasteiger partial charge in [-0.05, 0) is 37.5 Å². The second-order valence-corrected chi connectivity index (χ2v) is 6.28. The Labute approximate surface area is 134 Å². The van der Waals surface area contributed by atoms with Gasteiger partial charge in [-0.1, -0.05) is 19.9 Å². The minimum Gasteiger partial charge on any atom is -0.368 e. The summed E-state index contributed by atoms with van der Waals surface area (Å²) >= 11 is 0. The lowest BCUT2D eigenvalue weighted by Crippen LogP contribution is -2.56. The van der Waals surface area contributed by atoms with Gasteiger partial charge in [-0.3, -0.25) is 14.6 Å². The molecule has 0 bridgehead atoms. The summed E-state index contributed by atoms with van der Waals surface area (Å²) in [6.07, 6.45) is 1.91. The van der Waals surface area contributed by atoms with Gasteiger partial charge in [0.15, 0.2) is 0 Å². The fraction of sp³-hybridized carbons (Fsp3) is 0.353. The Hall–Kier alpha value is -2.50. The highest BCUT2D eigenvalue weighted by Gasteiger charge is 2.34. The number of carbonyl (C=O) groups is 2. The second kappa shape index (κ2) is 6.32. The highest BCUT2D eigenvalue weighted by atomic mass is 19.1. The van der Waals surface area contributed by atoms with Crippen molar-refractivity contribution >= 4 is 22.7 Å². The third-order valence-corrected chi connectivity index (χ3v) is 3.66. The first-order valence-corrected chi connectivity index (χ1v) is 7.39. The van der Waals surface area contributed by atoms with Gasteiger partial charge in [0, 0.05) is 11.6 Å². The van der Waals surface area contributed by atoms with E-state index in [1.807, 2.05) is 13.8 Å². The quantitative estimate of drug-likeness (QED) is 0.888. The van der Waals surface area contributed by atoms with Crippen molar-refractivity contribution in [1.29, 1.82) is 0 Å². The van der Waals surface area contributed by atoms with Crippen LogP contribution in [0.4, 0.5) is 4.39 Å². The minimum absolute atomic E-state index is 0.0804. The van der Waals surface area contributed by atoms with Gasteiger partial charge >= 0.3 is 0 Å². The zero-order valence-corrected chi connectivity index (χ0v) is 13.4. The molecule has 2 amide bonds. The summed E-state index contributed by atoms with van der Waals surface area (Å²) < 4.78 is 13.8. The number of pyridine rings is 1. The summed E-state index contributed by atoms with van der Waals surface area (Å²) in [7, 11) is 0. The number of amides is 2. The number of carbonyl (C=O) groups excluding carboxylic acids is 2. The normalized spacial score (nSPS) is 13.8. The molecular weight excluding hydrogens is 297 g/mol. The molecule has 2 aromatic rings. The fourth-order valence-electron chi connectivity index (χ4n) is 2.68. The summed E-state index contributed by atoms with van der Waals surface area (Å²) in [5.41, 5.74) is 4.69. The molecule has 0 aliphatic rings. The predicted molar refractivity (Wildman–Crippen MR) is 86.2 cm³/mol. The molecule has 0 aliphatic carbocycles. The standard InChI is InChI=1S/C17H20FN3O2/c1-10(2)9-17(3,16(19)23)21-15(22)13-8-12(18)7-11-5-4-6-20-14(11)13/h4-8,10H,9H2,1-3H3,(H2,19,23)(H,21,22). The van der Waals surface area contributed by atoms with Crippen LogP contribution in [0.15, 0.2) is 30.5 Å². The van der Waals surface area contributed by atoms with Gasteiger partial charge in [0.1, 0.15) is 11.4 Å². The summed E-state index contributed by atoms with van der Waals surface area (Å²) in [5, 5.41) is 3.16. The Morgan fingerprint density at radius 2 is 2.09 bits per heavy atom. The lowest BCUT2D eigenvalue weighted by atomic mass is 9.89. The number of halogens is 1. The number of fused-ring (bicyclic) bond motifs is 1. The van der Waals surface area contributed by atoms with Crippen LogP contribution in [0.3, 0.4) is 0 Å².